The third kappa shape index (κ3) is 2.66. The number of para-hydroxylation sites is 1. The van der Waals surface area contributed by atoms with Crippen LogP contribution in [0.5, 0.6) is 17.2 Å². The quantitative estimate of drug-likeness (QED) is 0.513. The highest BCUT2D eigenvalue weighted by atomic mass is 19.1. The number of anilines is 2. The van der Waals surface area contributed by atoms with Gasteiger partial charge in [0.15, 0.2) is 11.5 Å². The van der Waals surface area contributed by atoms with E-state index in [2.05, 4.69) is 20.6 Å². The summed E-state index contributed by atoms with van der Waals surface area (Å²) in [6, 6.07) is 6.69. The highest BCUT2D eigenvalue weighted by molar-refractivity contribution is 6.04. The number of aromatic nitrogens is 2. The number of aromatic amines is 1. The number of nitrogens with one attached hydrogen (secondary N) is 3. The zero-order valence-corrected chi connectivity index (χ0v) is 14.9. The minimum absolute atomic E-state index is 0.302. The van der Waals surface area contributed by atoms with Crippen molar-refractivity contribution in [3.63, 3.8) is 0 Å². The number of aryl methyl sites for hydroxylation is 1. The molecule has 8 heteroatoms. The van der Waals surface area contributed by atoms with Gasteiger partial charge >= 0.3 is 0 Å². The third-order valence-electron chi connectivity index (χ3n) is 4.38. The van der Waals surface area contributed by atoms with Gasteiger partial charge in [-0.15, -0.1) is 0 Å². The summed E-state index contributed by atoms with van der Waals surface area (Å²) in [5.74, 6) is 0.720. The number of ether oxygens (including phenoxy) is 2. The molecule has 2 aromatic heterocycles. The Kier molecular flexibility index (Phi) is 3.95. The molecular formula is C19H17FN4O3. The van der Waals surface area contributed by atoms with Gasteiger partial charge in [-0.25, -0.2) is 9.37 Å². The van der Waals surface area contributed by atoms with Gasteiger partial charge in [0, 0.05) is 25.0 Å². The van der Waals surface area contributed by atoms with Crippen LogP contribution in [0.15, 0.2) is 30.5 Å². The molecule has 0 spiro atoms. The van der Waals surface area contributed by atoms with Gasteiger partial charge in [0.05, 0.1) is 24.1 Å². The number of carbonyl (C=O) groups is 1. The summed E-state index contributed by atoms with van der Waals surface area (Å²) in [6.45, 7) is 1.63. The zero-order chi connectivity index (χ0) is 19.1. The van der Waals surface area contributed by atoms with Gasteiger partial charge in [-0.2, -0.15) is 0 Å². The van der Waals surface area contributed by atoms with Gasteiger partial charge in [-0.3, -0.25) is 4.79 Å². The fraction of sp³-hybridized carbons (Fsp3) is 0.158. The van der Waals surface area contributed by atoms with Crippen molar-refractivity contribution in [1.29, 1.82) is 0 Å². The van der Waals surface area contributed by atoms with Crippen molar-refractivity contribution < 1.29 is 18.7 Å². The Morgan fingerprint density at radius 2 is 2.15 bits per heavy atom. The van der Waals surface area contributed by atoms with E-state index in [1.165, 1.54) is 19.3 Å². The molecular weight excluding hydrogens is 351 g/mol. The Bertz CT molecular complexity index is 1040. The maximum atomic E-state index is 13.9. The highest BCUT2D eigenvalue weighted by Crippen LogP contribution is 2.50. The summed E-state index contributed by atoms with van der Waals surface area (Å²) in [6.07, 6.45) is 1.43. The van der Waals surface area contributed by atoms with Crippen LogP contribution in [-0.2, 0) is 0 Å². The highest BCUT2D eigenvalue weighted by Gasteiger charge is 2.29. The first-order chi connectivity index (χ1) is 13.0. The van der Waals surface area contributed by atoms with Crippen LogP contribution in [0.2, 0.25) is 0 Å². The normalized spacial score (nSPS) is 11.7. The number of fused-ring (bicyclic) bond motifs is 2. The molecule has 1 aromatic carbocycles. The van der Waals surface area contributed by atoms with E-state index < -0.39 is 0 Å². The van der Waals surface area contributed by atoms with Crippen molar-refractivity contribution in [1.82, 2.24) is 15.3 Å². The van der Waals surface area contributed by atoms with E-state index >= 15 is 0 Å². The van der Waals surface area contributed by atoms with Crippen molar-refractivity contribution in [3.8, 4) is 28.6 Å². The lowest BCUT2D eigenvalue weighted by Crippen LogP contribution is -2.21. The van der Waals surface area contributed by atoms with Crippen LogP contribution in [0.3, 0.4) is 0 Å². The lowest BCUT2D eigenvalue weighted by Gasteiger charge is -2.26. The number of hydrogen-bond donors (Lipinski definition) is 3. The number of methoxy groups -OCH3 is 1. The molecule has 7 nitrogen and oxygen atoms in total. The second-order valence-electron chi connectivity index (χ2n) is 6.02. The van der Waals surface area contributed by atoms with Crippen LogP contribution in [0, 0.1) is 12.7 Å². The molecule has 0 saturated carbocycles. The van der Waals surface area contributed by atoms with Gasteiger partial charge in [0.1, 0.15) is 22.9 Å². The SMILES string of the molecule is CNC(=O)c1cnc(-c2cc(F)c(C)[nH]2)c2c1Nc1c(OC)cccc1O2. The predicted octanol–water partition coefficient (Wildman–Crippen LogP) is 3.74. The maximum absolute atomic E-state index is 13.9. The number of pyridine rings is 1. The lowest BCUT2D eigenvalue weighted by atomic mass is 10.1. The maximum Gasteiger partial charge on any atom is 0.254 e. The van der Waals surface area contributed by atoms with E-state index in [-0.39, 0.29) is 11.7 Å². The van der Waals surface area contributed by atoms with Gasteiger partial charge in [-0.1, -0.05) is 6.07 Å². The van der Waals surface area contributed by atoms with Crippen molar-refractivity contribution in [2.24, 2.45) is 0 Å². The largest absolute Gasteiger partial charge is 0.494 e. The van der Waals surface area contributed by atoms with Crippen molar-refractivity contribution in [2.45, 2.75) is 6.92 Å². The van der Waals surface area contributed by atoms with Gasteiger partial charge in [0.2, 0.25) is 0 Å². The van der Waals surface area contributed by atoms with E-state index in [1.807, 2.05) is 0 Å². The number of H-pyrrole nitrogens is 1. The van der Waals surface area contributed by atoms with Crippen LogP contribution in [-0.4, -0.2) is 30.0 Å². The molecule has 0 bridgehead atoms. The molecule has 0 aliphatic carbocycles. The molecule has 3 N–H and O–H groups in total. The number of benzene rings is 1. The Hall–Kier alpha value is -3.55. The molecule has 27 heavy (non-hydrogen) atoms. The summed E-state index contributed by atoms with van der Waals surface area (Å²) >= 11 is 0. The molecule has 0 fully saturated rings. The number of halogens is 1. The third-order valence-corrected chi connectivity index (χ3v) is 4.38. The monoisotopic (exact) mass is 368 g/mol. The smallest absolute Gasteiger partial charge is 0.254 e. The number of amides is 1. The van der Waals surface area contributed by atoms with Crippen molar-refractivity contribution in [3.05, 3.63) is 47.5 Å². The van der Waals surface area contributed by atoms with Crippen LogP contribution < -0.4 is 20.1 Å². The fourth-order valence-corrected chi connectivity index (χ4v) is 3.00. The van der Waals surface area contributed by atoms with Crippen LogP contribution in [0.1, 0.15) is 16.1 Å². The average Bonchev–Trinajstić information content (AvgIpc) is 3.02. The first-order valence-corrected chi connectivity index (χ1v) is 8.26. The Morgan fingerprint density at radius 1 is 1.33 bits per heavy atom. The molecule has 3 aromatic rings. The predicted molar refractivity (Wildman–Crippen MR) is 98.5 cm³/mol. The van der Waals surface area contributed by atoms with E-state index in [0.717, 1.165) is 0 Å². The number of rotatable bonds is 3. The first-order valence-electron chi connectivity index (χ1n) is 8.26. The lowest BCUT2D eigenvalue weighted by molar-refractivity contribution is 0.0963. The van der Waals surface area contributed by atoms with E-state index in [0.29, 0.717) is 51.3 Å². The van der Waals surface area contributed by atoms with Crippen molar-refractivity contribution in [2.75, 3.05) is 19.5 Å². The molecule has 1 amide bonds. The van der Waals surface area contributed by atoms with Gasteiger partial charge < -0.3 is 25.1 Å². The summed E-state index contributed by atoms with van der Waals surface area (Å²) < 4.78 is 25.3. The average molecular weight is 368 g/mol. The second-order valence-corrected chi connectivity index (χ2v) is 6.02. The molecule has 0 radical (unpaired) electrons. The topological polar surface area (TPSA) is 88.3 Å². The fourth-order valence-electron chi connectivity index (χ4n) is 3.00. The Balaban J connectivity index is 1.93. The summed E-state index contributed by atoms with van der Waals surface area (Å²) in [5, 5.41) is 5.80. The summed E-state index contributed by atoms with van der Waals surface area (Å²) in [5.41, 5.74) is 2.58. The minimum atomic E-state index is -0.373. The van der Waals surface area contributed by atoms with E-state index in [1.54, 1.807) is 32.2 Å². The molecule has 3 heterocycles. The van der Waals surface area contributed by atoms with Crippen LogP contribution in [0.4, 0.5) is 15.8 Å². The first kappa shape index (κ1) is 16.9. The van der Waals surface area contributed by atoms with Crippen LogP contribution >= 0.6 is 0 Å². The molecule has 138 valence electrons. The number of hydrogen-bond acceptors (Lipinski definition) is 5. The van der Waals surface area contributed by atoms with Gasteiger partial charge in [0.25, 0.3) is 5.91 Å². The molecule has 0 saturated heterocycles. The molecule has 1 aliphatic rings. The molecule has 4 rings (SSSR count). The number of nitrogens with zero attached hydrogens (tertiary/aromatic N) is 1. The standard InChI is InChI=1S/C19H17FN4O3/c1-9-11(20)7-12(23-9)16-18-15(10(8-22-16)19(25)21-2)24-17-13(26-3)5-4-6-14(17)27-18/h4-8,23-24H,1-3H3,(H,21,25). The second kappa shape index (κ2) is 6.31. The summed E-state index contributed by atoms with van der Waals surface area (Å²) in [7, 11) is 3.08. The molecule has 0 atom stereocenters. The van der Waals surface area contributed by atoms with E-state index in [9.17, 15) is 9.18 Å². The summed E-state index contributed by atoms with van der Waals surface area (Å²) in [4.78, 5) is 19.6. The molecule has 1 aliphatic heterocycles. The minimum Gasteiger partial charge on any atom is -0.494 e. The van der Waals surface area contributed by atoms with Crippen LogP contribution in [0.25, 0.3) is 11.4 Å². The van der Waals surface area contributed by atoms with Crippen molar-refractivity contribution >= 4 is 17.3 Å². The zero-order valence-electron chi connectivity index (χ0n) is 14.9. The Labute approximate surface area is 154 Å². The Morgan fingerprint density at radius 3 is 2.81 bits per heavy atom. The molecule has 0 unspecified atom stereocenters. The van der Waals surface area contributed by atoms with E-state index in [4.69, 9.17) is 9.47 Å². The van der Waals surface area contributed by atoms with Gasteiger partial charge in [-0.05, 0) is 19.1 Å². The number of carbonyl (C=O) groups excluding carboxylic acids is 1.